The maximum atomic E-state index is 12.1. The maximum absolute atomic E-state index is 12.1. The van der Waals surface area contributed by atoms with Gasteiger partial charge in [-0.1, -0.05) is 0 Å². The molecule has 1 saturated heterocycles. The minimum Gasteiger partial charge on any atom is -0.477 e. The largest absolute Gasteiger partial charge is 0.477 e. The second-order valence-electron chi connectivity index (χ2n) is 7.91. The standard InChI is InChI=1S/C17H29NO14/c1-4(20)18-7-5(21)2-17(16(29)30,31-14(7)8(23)6(22)3-19)32-15-12(27)10(25)9(24)11(26)13(15)28/h5-15,19,21-28H,2-3H2,1H3,(H,18,20)(H,29,30)/t5-,6+,7+,8+,9?,10-,11+,12-,13+,14+,15?,17-/m0/s1. The van der Waals surface area contributed by atoms with E-state index in [-0.39, 0.29) is 0 Å². The van der Waals surface area contributed by atoms with E-state index in [1.165, 1.54) is 0 Å². The van der Waals surface area contributed by atoms with E-state index < -0.39 is 97.8 Å². The Morgan fingerprint density at radius 1 is 1.03 bits per heavy atom. The van der Waals surface area contributed by atoms with Crippen LogP contribution in [0.3, 0.4) is 0 Å². The number of carboxylic acids is 1. The highest BCUT2D eigenvalue weighted by Gasteiger charge is 2.59. The Morgan fingerprint density at radius 3 is 1.97 bits per heavy atom. The number of carbonyl (C=O) groups excluding carboxylic acids is 1. The molecule has 0 bridgehead atoms. The summed E-state index contributed by atoms with van der Waals surface area (Å²) in [6, 6.07) is -1.47. The molecule has 12 atom stereocenters. The van der Waals surface area contributed by atoms with E-state index in [1.54, 1.807) is 0 Å². The number of hydrogen-bond donors (Lipinski definition) is 11. The van der Waals surface area contributed by atoms with Crippen LogP contribution in [0.2, 0.25) is 0 Å². The van der Waals surface area contributed by atoms with Gasteiger partial charge in [0.25, 0.3) is 5.79 Å². The minimum atomic E-state index is -2.93. The molecule has 1 aliphatic heterocycles. The molecule has 1 saturated carbocycles. The summed E-state index contributed by atoms with van der Waals surface area (Å²) in [4.78, 5) is 23.6. The summed E-state index contributed by atoms with van der Waals surface area (Å²) >= 11 is 0. The predicted molar refractivity (Wildman–Crippen MR) is 97.5 cm³/mol. The predicted octanol–water partition coefficient (Wildman–Crippen LogP) is -6.66. The lowest BCUT2D eigenvalue weighted by Gasteiger charge is -2.49. The molecule has 15 heteroatoms. The van der Waals surface area contributed by atoms with Crippen molar-refractivity contribution in [3.8, 4) is 0 Å². The van der Waals surface area contributed by atoms with Crippen LogP contribution in [-0.2, 0) is 19.1 Å². The molecular formula is C17H29NO14. The van der Waals surface area contributed by atoms with Crippen molar-refractivity contribution in [1.82, 2.24) is 5.32 Å². The molecule has 0 aromatic rings. The van der Waals surface area contributed by atoms with Crippen molar-refractivity contribution in [2.24, 2.45) is 0 Å². The smallest absolute Gasteiger partial charge is 0.364 e. The van der Waals surface area contributed by atoms with Crippen molar-refractivity contribution < 1.29 is 70.1 Å². The third kappa shape index (κ3) is 5.02. The average Bonchev–Trinajstić information content (AvgIpc) is 2.74. The van der Waals surface area contributed by atoms with Gasteiger partial charge >= 0.3 is 5.97 Å². The number of aliphatic hydroxyl groups excluding tert-OH is 9. The summed E-state index contributed by atoms with van der Waals surface area (Å²) < 4.78 is 10.6. The van der Waals surface area contributed by atoms with Crippen LogP contribution in [0.5, 0.6) is 0 Å². The highest BCUT2D eigenvalue weighted by molar-refractivity contribution is 5.76. The number of ether oxygens (including phenoxy) is 2. The van der Waals surface area contributed by atoms with Crippen LogP contribution in [0.25, 0.3) is 0 Å². The SMILES string of the molecule is CC(=O)N[C@H]1[C@H]([C@H](O)[C@H](O)CO)O[C@@](OC2[C@@H](O)[C@@H](O)C(O)[C@@H](O)[C@H]2O)(C(=O)O)C[C@@H]1O. The van der Waals surface area contributed by atoms with Gasteiger partial charge < -0.3 is 65.9 Å². The van der Waals surface area contributed by atoms with Gasteiger partial charge in [-0.2, -0.15) is 0 Å². The summed E-state index contributed by atoms with van der Waals surface area (Å²) in [5.41, 5.74) is 0. The van der Waals surface area contributed by atoms with Gasteiger partial charge in [0, 0.05) is 13.3 Å². The van der Waals surface area contributed by atoms with Crippen molar-refractivity contribution in [3.05, 3.63) is 0 Å². The average molecular weight is 471 g/mol. The van der Waals surface area contributed by atoms with Crippen LogP contribution in [-0.4, -0.2) is 142 Å². The third-order valence-corrected chi connectivity index (χ3v) is 5.59. The van der Waals surface area contributed by atoms with Gasteiger partial charge in [0.05, 0.1) is 18.8 Å². The molecule has 1 aliphatic carbocycles. The Bertz CT molecular complexity index is 664. The Morgan fingerprint density at radius 2 is 1.53 bits per heavy atom. The van der Waals surface area contributed by atoms with Gasteiger partial charge in [-0.25, -0.2) is 4.79 Å². The number of carbonyl (C=O) groups is 2. The molecule has 0 spiro atoms. The Kier molecular flexibility index (Phi) is 8.52. The van der Waals surface area contributed by atoms with E-state index in [0.717, 1.165) is 6.92 Å². The van der Waals surface area contributed by atoms with Crippen LogP contribution in [0, 0.1) is 0 Å². The molecule has 15 nitrogen and oxygen atoms in total. The van der Waals surface area contributed by atoms with E-state index in [0.29, 0.717) is 0 Å². The zero-order valence-electron chi connectivity index (χ0n) is 16.9. The highest BCUT2D eigenvalue weighted by atomic mass is 16.7. The lowest BCUT2D eigenvalue weighted by molar-refractivity contribution is -0.351. The molecule has 0 aromatic heterocycles. The first-order chi connectivity index (χ1) is 14.8. The number of nitrogens with one attached hydrogen (secondary N) is 1. The lowest BCUT2D eigenvalue weighted by atomic mass is 9.84. The molecule has 0 aromatic carbocycles. The Hall–Kier alpha value is -1.50. The highest BCUT2D eigenvalue weighted by Crippen LogP contribution is 2.37. The first-order valence-electron chi connectivity index (χ1n) is 9.69. The summed E-state index contributed by atoms with van der Waals surface area (Å²) in [7, 11) is 0. The van der Waals surface area contributed by atoms with Crippen LogP contribution < -0.4 is 5.32 Å². The number of rotatable bonds is 7. The number of aliphatic carboxylic acids is 1. The van der Waals surface area contributed by atoms with Crippen molar-refractivity contribution in [3.63, 3.8) is 0 Å². The van der Waals surface area contributed by atoms with Gasteiger partial charge in [-0.15, -0.1) is 0 Å². The van der Waals surface area contributed by atoms with Crippen molar-refractivity contribution in [1.29, 1.82) is 0 Å². The molecule has 2 aliphatic rings. The minimum absolute atomic E-state index is 0.713. The third-order valence-electron chi connectivity index (χ3n) is 5.59. The summed E-state index contributed by atoms with van der Waals surface area (Å²) in [6.07, 6.45) is -20.9. The van der Waals surface area contributed by atoms with Gasteiger partial charge in [0.1, 0.15) is 54.9 Å². The maximum Gasteiger partial charge on any atom is 0.364 e. The molecule has 11 N–H and O–H groups in total. The monoisotopic (exact) mass is 471 g/mol. The quantitative estimate of drug-likeness (QED) is 0.165. The topological polar surface area (TPSA) is 267 Å². The lowest BCUT2D eigenvalue weighted by Crippen LogP contribution is -2.71. The fourth-order valence-corrected chi connectivity index (χ4v) is 3.80. The Labute approximate surface area is 181 Å². The van der Waals surface area contributed by atoms with Crippen LogP contribution >= 0.6 is 0 Å². The first kappa shape index (κ1) is 26.7. The van der Waals surface area contributed by atoms with Gasteiger partial charge in [0.2, 0.25) is 5.91 Å². The first-order valence-corrected chi connectivity index (χ1v) is 9.69. The fourth-order valence-electron chi connectivity index (χ4n) is 3.80. The molecule has 2 unspecified atom stereocenters. The molecule has 1 heterocycles. The van der Waals surface area contributed by atoms with E-state index in [1.807, 2.05) is 0 Å². The van der Waals surface area contributed by atoms with E-state index in [2.05, 4.69) is 5.32 Å². The van der Waals surface area contributed by atoms with Crippen molar-refractivity contribution in [2.45, 2.75) is 86.2 Å². The van der Waals surface area contributed by atoms with E-state index in [4.69, 9.17) is 14.6 Å². The second-order valence-corrected chi connectivity index (χ2v) is 7.91. The van der Waals surface area contributed by atoms with Crippen molar-refractivity contribution in [2.75, 3.05) is 6.61 Å². The van der Waals surface area contributed by atoms with Gasteiger partial charge in [-0.05, 0) is 0 Å². The van der Waals surface area contributed by atoms with E-state index >= 15 is 0 Å². The van der Waals surface area contributed by atoms with Crippen LogP contribution in [0.1, 0.15) is 13.3 Å². The van der Waals surface area contributed by atoms with Gasteiger partial charge in [-0.3, -0.25) is 4.79 Å². The number of aliphatic hydroxyl groups is 9. The molecule has 2 fully saturated rings. The fraction of sp³-hybridized carbons (Fsp3) is 0.882. The number of hydrogen-bond acceptors (Lipinski definition) is 13. The van der Waals surface area contributed by atoms with Crippen molar-refractivity contribution >= 4 is 11.9 Å². The molecular weight excluding hydrogens is 442 g/mol. The van der Waals surface area contributed by atoms with Crippen LogP contribution in [0.15, 0.2) is 0 Å². The molecule has 2 rings (SSSR count). The number of carboxylic acid groups (broad SMARTS) is 1. The molecule has 186 valence electrons. The molecule has 0 radical (unpaired) electrons. The van der Waals surface area contributed by atoms with Crippen LogP contribution in [0.4, 0.5) is 0 Å². The molecule has 32 heavy (non-hydrogen) atoms. The Balaban J connectivity index is 2.43. The molecule has 1 amide bonds. The summed E-state index contributed by atoms with van der Waals surface area (Å²) in [5.74, 6) is -5.57. The summed E-state index contributed by atoms with van der Waals surface area (Å²) in [5, 5.41) is 101. The van der Waals surface area contributed by atoms with E-state index in [9.17, 15) is 55.5 Å². The summed E-state index contributed by atoms with van der Waals surface area (Å²) in [6.45, 7) is 0.0538. The normalized spacial score (nSPS) is 44.5. The second kappa shape index (κ2) is 10.2. The van der Waals surface area contributed by atoms with Gasteiger partial charge in [0.15, 0.2) is 0 Å². The number of amides is 1. The zero-order chi connectivity index (χ0) is 24.5. The zero-order valence-corrected chi connectivity index (χ0v) is 16.9.